The van der Waals surface area contributed by atoms with E-state index in [1.54, 1.807) is 18.3 Å². The quantitative estimate of drug-likeness (QED) is 0.683. The summed E-state index contributed by atoms with van der Waals surface area (Å²) in [4.78, 5) is 14.7. The predicted octanol–water partition coefficient (Wildman–Crippen LogP) is 3.10. The van der Waals surface area contributed by atoms with Gasteiger partial charge in [0.25, 0.3) is 0 Å². The van der Waals surface area contributed by atoms with Crippen LogP contribution in [0.1, 0.15) is 23.5 Å². The van der Waals surface area contributed by atoms with Gasteiger partial charge in [-0.1, -0.05) is 6.07 Å². The number of rotatable bonds is 4. The van der Waals surface area contributed by atoms with Gasteiger partial charge in [0, 0.05) is 11.6 Å². The van der Waals surface area contributed by atoms with Crippen molar-refractivity contribution in [3.63, 3.8) is 0 Å². The van der Waals surface area contributed by atoms with Crippen molar-refractivity contribution in [2.24, 2.45) is 0 Å². The summed E-state index contributed by atoms with van der Waals surface area (Å²) in [6.07, 6.45) is 1.68. The highest BCUT2D eigenvalue weighted by atomic mass is 32.1. The van der Waals surface area contributed by atoms with Crippen molar-refractivity contribution in [2.75, 3.05) is 5.32 Å². The van der Waals surface area contributed by atoms with Crippen molar-refractivity contribution in [2.45, 2.75) is 13.0 Å². The number of anilines is 1. The van der Waals surface area contributed by atoms with E-state index in [0.29, 0.717) is 5.69 Å². The molecule has 0 spiro atoms. The number of benzene rings is 1. The molecule has 0 saturated carbocycles. The molecule has 0 bridgehead atoms. The number of thiazole rings is 1. The molecule has 6 nitrogen and oxygen atoms in total. The fourth-order valence-corrected chi connectivity index (χ4v) is 2.34. The van der Waals surface area contributed by atoms with Crippen LogP contribution in [0.15, 0.2) is 29.8 Å². The first-order chi connectivity index (χ1) is 9.13. The van der Waals surface area contributed by atoms with Gasteiger partial charge in [-0.3, -0.25) is 10.1 Å². The molecule has 2 aromatic rings. The third kappa shape index (κ3) is 2.69. The van der Waals surface area contributed by atoms with Crippen LogP contribution < -0.4 is 5.32 Å². The van der Waals surface area contributed by atoms with Crippen molar-refractivity contribution in [3.8, 4) is 6.07 Å². The maximum atomic E-state index is 11.1. The van der Waals surface area contributed by atoms with Crippen molar-refractivity contribution < 1.29 is 4.92 Å². The largest absolute Gasteiger partial charge is 0.370 e. The van der Waals surface area contributed by atoms with E-state index in [4.69, 9.17) is 5.26 Å². The summed E-state index contributed by atoms with van der Waals surface area (Å²) >= 11 is 1.47. The van der Waals surface area contributed by atoms with E-state index in [-0.39, 0.29) is 17.3 Å². The lowest BCUT2D eigenvalue weighted by Gasteiger charge is -2.13. The molecule has 1 heterocycles. The maximum absolute atomic E-state index is 11.1. The number of aromatic nitrogens is 1. The molecule has 1 aromatic carbocycles. The normalized spacial score (nSPS) is 11.6. The van der Waals surface area contributed by atoms with Crippen molar-refractivity contribution in [1.29, 1.82) is 5.26 Å². The molecule has 0 amide bonds. The van der Waals surface area contributed by atoms with Gasteiger partial charge in [0.05, 0.1) is 11.0 Å². The van der Waals surface area contributed by atoms with Crippen LogP contribution in [-0.2, 0) is 0 Å². The second kappa shape index (κ2) is 5.46. The zero-order chi connectivity index (χ0) is 13.8. The highest BCUT2D eigenvalue weighted by Crippen LogP contribution is 2.31. The molecule has 0 aliphatic rings. The molecule has 2 rings (SSSR count). The second-order valence-electron chi connectivity index (χ2n) is 3.81. The molecule has 19 heavy (non-hydrogen) atoms. The molecule has 1 atom stereocenters. The van der Waals surface area contributed by atoms with Crippen LogP contribution in [-0.4, -0.2) is 9.91 Å². The lowest BCUT2D eigenvalue weighted by molar-refractivity contribution is -0.384. The van der Waals surface area contributed by atoms with E-state index < -0.39 is 4.92 Å². The number of nitro benzene ring substituents is 1. The number of nitrogens with one attached hydrogen (secondary N) is 1. The second-order valence-corrected chi connectivity index (χ2v) is 4.73. The molecule has 0 radical (unpaired) electrons. The first-order valence-corrected chi connectivity index (χ1v) is 6.35. The van der Waals surface area contributed by atoms with Crippen LogP contribution in [0.5, 0.6) is 0 Å². The summed E-state index contributed by atoms with van der Waals surface area (Å²) in [5.41, 5.74) is 0.168. The molecular formula is C12H10N4O2S. The summed E-state index contributed by atoms with van der Waals surface area (Å²) in [6.45, 7) is 1.86. The smallest absolute Gasteiger partial charge is 0.309 e. The van der Waals surface area contributed by atoms with E-state index in [1.807, 2.05) is 18.4 Å². The Bertz CT molecular complexity index is 634. The van der Waals surface area contributed by atoms with Crippen LogP contribution in [0, 0.1) is 21.4 Å². The summed E-state index contributed by atoms with van der Waals surface area (Å²) < 4.78 is 0. The number of hydrogen-bond donors (Lipinski definition) is 1. The molecule has 0 saturated heterocycles. The Hall–Kier alpha value is -2.46. The fraction of sp³-hybridized carbons (Fsp3) is 0.167. The van der Waals surface area contributed by atoms with E-state index in [1.165, 1.54) is 17.4 Å². The first kappa shape index (κ1) is 13.0. The average molecular weight is 274 g/mol. The molecule has 0 aliphatic heterocycles. The molecule has 1 unspecified atom stereocenters. The summed E-state index contributed by atoms with van der Waals surface area (Å²) in [5, 5.41) is 25.7. The number of hydrogen-bond acceptors (Lipinski definition) is 6. The van der Waals surface area contributed by atoms with Crippen LogP contribution >= 0.6 is 11.3 Å². The molecule has 0 fully saturated rings. The van der Waals surface area contributed by atoms with Gasteiger partial charge in [0.1, 0.15) is 22.3 Å². The van der Waals surface area contributed by atoms with Gasteiger partial charge >= 0.3 is 5.69 Å². The van der Waals surface area contributed by atoms with Crippen LogP contribution in [0.2, 0.25) is 0 Å². The Morgan fingerprint density at radius 2 is 2.37 bits per heavy atom. The Labute approximate surface area is 113 Å². The lowest BCUT2D eigenvalue weighted by Crippen LogP contribution is -2.08. The monoisotopic (exact) mass is 274 g/mol. The van der Waals surface area contributed by atoms with Gasteiger partial charge in [-0.15, -0.1) is 11.3 Å². The topological polar surface area (TPSA) is 91.8 Å². The average Bonchev–Trinajstić information content (AvgIpc) is 2.92. The Morgan fingerprint density at radius 1 is 1.58 bits per heavy atom. The van der Waals surface area contributed by atoms with Gasteiger partial charge in [0.15, 0.2) is 0 Å². The number of nitro groups is 1. The van der Waals surface area contributed by atoms with E-state index >= 15 is 0 Å². The third-order valence-corrected chi connectivity index (χ3v) is 3.49. The van der Waals surface area contributed by atoms with Gasteiger partial charge in [-0.05, 0) is 19.1 Å². The molecule has 0 aliphatic carbocycles. The predicted molar refractivity (Wildman–Crippen MR) is 72.0 cm³/mol. The van der Waals surface area contributed by atoms with Gasteiger partial charge in [0.2, 0.25) is 0 Å². The standard InChI is InChI=1S/C12H10N4O2S/c1-8(12-14-5-6-19-12)15-10-4-2-3-9(7-13)11(10)16(17)18/h2-6,8,15H,1H3. The zero-order valence-corrected chi connectivity index (χ0v) is 10.8. The van der Waals surface area contributed by atoms with Gasteiger partial charge < -0.3 is 5.32 Å². The molecular weight excluding hydrogens is 264 g/mol. The van der Waals surface area contributed by atoms with Crippen molar-refractivity contribution >= 4 is 22.7 Å². The summed E-state index contributed by atoms with van der Waals surface area (Å²) in [6, 6.07) is 6.30. The minimum Gasteiger partial charge on any atom is -0.370 e. The number of para-hydroxylation sites is 1. The highest BCUT2D eigenvalue weighted by Gasteiger charge is 2.21. The molecule has 96 valence electrons. The third-order valence-electron chi connectivity index (χ3n) is 2.53. The SMILES string of the molecule is CC(Nc1cccc(C#N)c1[N+](=O)[O-])c1nccs1. The Morgan fingerprint density at radius 3 is 2.95 bits per heavy atom. The van der Waals surface area contributed by atoms with Gasteiger partial charge in [-0.2, -0.15) is 5.26 Å². The minimum absolute atomic E-state index is 0.0429. The molecule has 7 heteroatoms. The fourth-order valence-electron chi connectivity index (χ4n) is 1.69. The highest BCUT2D eigenvalue weighted by molar-refractivity contribution is 7.09. The van der Waals surface area contributed by atoms with Crippen molar-refractivity contribution in [1.82, 2.24) is 4.98 Å². The van der Waals surface area contributed by atoms with Gasteiger partial charge in [-0.25, -0.2) is 4.98 Å². The zero-order valence-electron chi connectivity index (χ0n) is 10.0. The summed E-state index contributed by atoms with van der Waals surface area (Å²) in [5.74, 6) is 0. The molecule has 1 aromatic heterocycles. The van der Waals surface area contributed by atoms with Crippen molar-refractivity contribution in [3.05, 3.63) is 50.5 Å². The van der Waals surface area contributed by atoms with E-state index in [2.05, 4.69) is 10.3 Å². The Balaban J connectivity index is 2.35. The lowest BCUT2D eigenvalue weighted by atomic mass is 10.1. The van der Waals surface area contributed by atoms with Crippen LogP contribution in [0.3, 0.4) is 0 Å². The van der Waals surface area contributed by atoms with E-state index in [9.17, 15) is 10.1 Å². The minimum atomic E-state index is -0.546. The number of nitrogens with zero attached hydrogens (tertiary/aromatic N) is 3. The molecule has 1 N–H and O–H groups in total. The maximum Gasteiger partial charge on any atom is 0.309 e. The summed E-state index contributed by atoms with van der Waals surface area (Å²) in [7, 11) is 0. The van der Waals surface area contributed by atoms with Crippen LogP contribution in [0.25, 0.3) is 0 Å². The van der Waals surface area contributed by atoms with Crippen LogP contribution in [0.4, 0.5) is 11.4 Å². The first-order valence-electron chi connectivity index (χ1n) is 5.47. The van der Waals surface area contributed by atoms with E-state index in [0.717, 1.165) is 5.01 Å². The Kier molecular flexibility index (Phi) is 3.73. The number of nitriles is 1.